The maximum Gasteiger partial charge on any atom is 0.134 e. The summed E-state index contributed by atoms with van der Waals surface area (Å²) in [4.78, 5) is 20.6. The van der Waals surface area contributed by atoms with Gasteiger partial charge in [-0.15, -0.1) is 0 Å². The van der Waals surface area contributed by atoms with E-state index in [1.165, 1.54) is 25.7 Å². The molecule has 2 saturated heterocycles. The lowest BCUT2D eigenvalue weighted by Gasteiger charge is -2.36. The van der Waals surface area contributed by atoms with Gasteiger partial charge in [0.05, 0.1) is 0 Å². The summed E-state index contributed by atoms with van der Waals surface area (Å²) in [6, 6.07) is 8.26. The minimum Gasteiger partial charge on any atom is -0.356 e. The molecule has 2 fully saturated rings. The van der Waals surface area contributed by atoms with Crippen LogP contribution in [0.3, 0.4) is 0 Å². The smallest absolute Gasteiger partial charge is 0.134 e. The van der Waals surface area contributed by atoms with Gasteiger partial charge in [-0.25, -0.2) is 15.0 Å². The Hall–Kier alpha value is -2.37. The van der Waals surface area contributed by atoms with Crippen molar-refractivity contribution in [2.45, 2.75) is 25.7 Å². The second-order valence-electron chi connectivity index (χ2n) is 6.80. The minimum atomic E-state index is 0.965. The molecule has 0 amide bonds. The van der Waals surface area contributed by atoms with Crippen LogP contribution in [0.2, 0.25) is 0 Å². The normalized spacial score (nSPS) is 19.0. The topological polar surface area (TPSA) is 48.4 Å². The van der Waals surface area contributed by atoms with Crippen LogP contribution in [0.25, 0.3) is 0 Å². The van der Waals surface area contributed by atoms with Crippen LogP contribution >= 0.6 is 0 Å². The Labute approximate surface area is 149 Å². The number of anilines is 3. The van der Waals surface area contributed by atoms with Gasteiger partial charge < -0.3 is 14.7 Å². The van der Waals surface area contributed by atoms with Crippen LogP contribution in [-0.2, 0) is 0 Å². The molecule has 2 aromatic heterocycles. The van der Waals surface area contributed by atoms with E-state index in [1.54, 1.807) is 6.33 Å². The van der Waals surface area contributed by atoms with Crippen LogP contribution in [0.1, 0.15) is 25.7 Å². The third kappa shape index (κ3) is 3.83. The monoisotopic (exact) mass is 338 g/mol. The summed E-state index contributed by atoms with van der Waals surface area (Å²) in [5.41, 5.74) is 0. The molecule has 25 heavy (non-hydrogen) atoms. The van der Waals surface area contributed by atoms with Crippen LogP contribution in [0.5, 0.6) is 0 Å². The van der Waals surface area contributed by atoms with Crippen molar-refractivity contribution in [3.8, 4) is 0 Å². The van der Waals surface area contributed by atoms with Gasteiger partial charge in [0.1, 0.15) is 23.8 Å². The number of pyridine rings is 1. The highest BCUT2D eigenvalue weighted by Gasteiger charge is 2.20. The molecule has 4 rings (SSSR count). The molecular weight excluding hydrogens is 312 g/mol. The molecule has 6 nitrogen and oxygen atoms in total. The van der Waals surface area contributed by atoms with Gasteiger partial charge in [-0.05, 0) is 25.0 Å². The molecule has 0 bridgehead atoms. The fraction of sp³-hybridized carbons (Fsp3) is 0.526. The number of nitrogens with zero attached hydrogens (tertiary/aromatic N) is 6. The summed E-state index contributed by atoms with van der Waals surface area (Å²) in [5, 5.41) is 0. The van der Waals surface area contributed by atoms with E-state index in [4.69, 9.17) is 0 Å². The lowest BCUT2D eigenvalue weighted by Crippen LogP contribution is -2.47. The average molecular weight is 338 g/mol. The van der Waals surface area contributed by atoms with E-state index in [9.17, 15) is 0 Å². The molecule has 2 aliphatic rings. The van der Waals surface area contributed by atoms with Crippen LogP contribution < -0.4 is 14.7 Å². The van der Waals surface area contributed by atoms with Crippen molar-refractivity contribution in [1.82, 2.24) is 15.0 Å². The Kier molecular flexibility index (Phi) is 4.95. The molecule has 0 unspecified atom stereocenters. The third-order valence-electron chi connectivity index (χ3n) is 5.15. The van der Waals surface area contributed by atoms with Gasteiger partial charge >= 0.3 is 0 Å². The standard InChI is InChI=1S/C19H26N6/c1-2-6-10-23(9-5-1)18-15-19(22-16-21-18)25-13-11-24(12-14-25)17-7-3-4-8-20-17/h3-4,7-8,15-16H,1-2,5-6,9-14H2. The van der Waals surface area contributed by atoms with Crippen LogP contribution in [0.15, 0.2) is 36.8 Å². The fourth-order valence-electron chi connectivity index (χ4n) is 3.69. The number of hydrogen-bond acceptors (Lipinski definition) is 6. The highest BCUT2D eigenvalue weighted by molar-refractivity contribution is 5.51. The van der Waals surface area contributed by atoms with E-state index >= 15 is 0 Å². The molecule has 132 valence electrons. The van der Waals surface area contributed by atoms with E-state index in [1.807, 2.05) is 18.3 Å². The Balaban J connectivity index is 1.42. The summed E-state index contributed by atoms with van der Waals surface area (Å²) in [7, 11) is 0. The number of rotatable bonds is 3. The first kappa shape index (κ1) is 16.1. The first-order chi connectivity index (χ1) is 12.4. The second kappa shape index (κ2) is 7.68. The van der Waals surface area contributed by atoms with E-state index in [0.717, 1.165) is 56.7 Å². The molecule has 2 aliphatic heterocycles. The molecule has 0 N–H and O–H groups in total. The summed E-state index contributed by atoms with van der Waals surface area (Å²) >= 11 is 0. The first-order valence-corrected chi connectivity index (χ1v) is 9.38. The van der Waals surface area contributed by atoms with Crippen molar-refractivity contribution >= 4 is 17.5 Å². The van der Waals surface area contributed by atoms with Gasteiger partial charge in [0.2, 0.25) is 0 Å². The number of aromatic nitrogens is 3. The maximum atomic E-state index is 4.53. The van der Waals surface area contributed by atoms with Crippen LogP contribution in [0, 0.1) is 0 Å². The lowest BCUT2D eigenvalue weighted by atomic mass is 10.2. The van der Waals surface area contributed by atoms with E-state index in [-0.39, 0.29) is 0 Å². The van der Waals surface area contributed by atoms with Crippen molar-refractivity contribution in [3.63, 3.8) is 0 Å². The number of hydrogen-bond donors (Lipinski definition) is 0. The van der Waals surface area contributed by atoms with E-state index in [0.29, 0.717) is 0 Å². The van der Waals surface area contributed by atoms with E-state index < -0.39 is 0 Å². The van der Waals surface area contributed by atoms with Crippen molar-refractivity contribution < 1.29 is 0 Å². The molecule has 2 aromatic rings. The van der Waals surface area contributed by atoms with Gasteiger partial charge in [-0.3, -0.25) is 0 Å². The zero-order chi connectivity index (χ0) is 16.9. The zero-order valence-electron chi connectivity index (χ0n) is 14.7. The molecule has 4 heterocycles. The fourth-order valence-corrected chi connectivity index (χ4v) is 3.69. The van der Waals surface area contributed by atoms with E-state index in [2.05, 4.69) is 41.8 Å². The summed E-state index contributed by atoms with van der Waals surface area (Å²) < 4.78 is 0. The van der Waals surface area contributed by atoms with Crippen molar-refractivity contribution in [2.24, 2.45) is 0 Å². The number of piperazine rings is 1. The third-order valence-corrected chi connectivity index (χ3v) is 5.15. The molecule has 0 spiro atoms. The van der Waals surface area contributed by atoms with Crippen LogP contribution in [0.4, 0.5) is 17.5 Å². The minimum absolute atomic E-state index is 0.965. The molecule has 6 heteroatoms. The summed E-state index contributed by atoms with van der Waals surface area (Å²) in [6.07, 6.45) is 8.79. The Bertz CT molecular complexity index is 661. The molecule has 0 saturated carbocycles. The molecule has 0 aromatic carbocycles. The first-order valence-electron chi connectivity index (χ1n) is 9.38. The summed E-state index contributed by atoms with van der Waals surface area (Å²) in [5.74, 6) is 3.20. The highest BCUT2D eigenvalue weighted by Crippen LogP contribution is 2.22. The quantitative estimate of drug-likeness (QED) is 0.857. The molecular formula is C19H26N6. The molecule has 0 radical (unpaired) electrons. The van der Waals surface area contributed by atoms with Gasteiger partial charge in [0.25, 0.3) is 0 Å². The zero-order valence-corrected chi connectivity index (χ0v) is 14.7. The highest BCUT2D eigenvalue weighted by atomic mass is 15.3. The van der Waals surface area contributed by atoms with Gasteiger partial charge in [-0.1, -0.05) is 18.9 Å². The van der Waals surface area contributed by atoms with Crippen molar-refractivity contribution in [1.29, 1.82) is 0 Å². The Morgan fingerprint density at radius 3 is 1.80 bits per heavy atom. The Morgan fingerprint density at radius 1 is 0.600 bits per heavy atom. The maximum absolute atomic E-state index is 4.53. The van der Waals surface area contributed by atoms with Gasteiger partial charge in [0, 0.05) is 51.5 Å². The Morgan fingerprint density at radius 2 is 1.20 bits per heavy atom. The SMILES string of the molecule is c1ccc(N2CCN(c3cc(N4CCCCCC4)ncn3)CC2)nc1. The lowest BCUT2D eigenvalue weighted by molar-refractivity contribution is 0.640. The predicted octanol–water partition coefficient (Wildman–Crippen LogP) is 2.58. The van der Waals surface area contributed by atoms with Crippen molar-refractivity contribution in [2.75, 3.05) is 54.0 Å². The largest absolute Gasteiger partial charge is 0.356 e. The average Bonchev–Trinajstić information content (AvgIpc) is 2.99. The summed E-state index contributed by atoms with van der Waals surface area (Å²) in [6.45, 7) is 6.11. The second-order valence-corrected chi connectivity index (χ2v) is 6.80. The van der Waals surface area contributed by atoms with Crippen LogP contribution in [-0.4, -0.2) is 54.2 Å². The van der Waals surface area contributed by atoms with Gasteiger partial charge in [0.15, 0.2) is 0 Å². The molecule has 0 atom stereocenters. The van der Waals surface area contributed by atoms with Gasteiger partial charge in [-0.2, -0.15) is 0 Å². The predicted molar refractivity (Wildman–Crippen MR) is 101 cm³/mol. The molecule has 0 aliphatic carbocycles. The van der Waals surface area contributed by atoms with Crippen molar-refractivity contribution in [3.05, 3.63) is 36.8 Å².